The summed E-state index contributed by atoms with van der Waals surface area (Å²) < 4.78 is 1.56. The van der Waals surface area contributed by atoms with E-state index in [0.29, 0.717) is 15.6 Å². The fraction of sp³-hybridized carbons (Fsp3) is 0.235. The zero-order chi connectivity index (χ0) is 17.4. The molecule has 3 rings (SSSR count). The van der Waals surface area contributed by atoms with Crippen LogP contribution in [-0.2, 0) is 13.1 Å². The Kier molecular flexibility index (Phi) is 4.69. The largest absolute Gasteiger partial charge is 0.493 e. The number of hydrogen-bond acceptors (Lipinski definition) is 4. The van der Waals surface area contributed by atoms with Crippen LogP contribution in [0.3, 0.4) is 0 Å². The molecule has 0 fully saturated rings. The highest BCUT2D eigenvalue weighted by Crippen LogP contribution is 2.40. The number of aromatic nitrogens is 2. The number of aliphatic hydroxyl groups is 1. The Morgan fingerprint density at radius 3 is 2.67 bits per heavy atom. The predicted molar refractivity (Wildman–Crippen MR) is 96.6 cm³/mol. The fourth-order valence-electron chi connectivity index (χ4n) is 2.93. The molecule has 2 heterocycles. The average molecular weight is 366 g/mol. The van der Waals surface area contributed by atoms with Crippen LogP contribution in [0.25, 0.3) is 22.0 Å². The second-order valence-electron chi connectivity index (χ2n) is 5.51. The van der Waals surface area contributed by atoms with Gasteiger partial charge in [-0.15, -0.1) is 0 Å². The first-order valence-corrected chi connectivity index (χ1v) is 8.21. The molecule has 3 aromatic rings. The van der Waals surface area contributed by atoms with Gasteiger partial charge in [-0.1, -0.05) is 29.3 Å². The van der Waals surface area contributed by atoms with Gasteiger partial charge in [0.2, 0.25) is 5.88 Å². The van der Waals surface area contributed by atoms with Gasteiger partial charge in [0.15, 0.2) is 0 Å². The quantitative estimate of drug-likeness (QED) is 0.660. The Morgan fingerprint density at radius 1 is 1.29 bits per heavy atom. The highest BCUT2D eigenvalue weighted by molar-refractivity contribution is 6.36. The van der Waals surface area contributed by atoms with Crippen molar-refractivity contribution in [1.82, 2.24) is 9.55 Å². The first kappa shape index (κ1) is 17.0. The molecule has 0 saturated heterocycles. The Morgan fingerprint density at radius 2 is 2.04 bits per heavy atom. The smallest absolute Gasteiger partial charge is 0.218 e. The number of hydrogen-bond donors (Lipinski definition) is 3. The van der Waals surface area contributed by atoms with Crippen LogP contribution in [0.1, 0.15) is 11.3 Å². The van der Waals surface area contributed by atoms with Gasteiger partial charge in [0.05, 0.1) is 6.61 Å². The van der Waals surface area contributed by atoms with E-state index in [1.54, 1.807) is 22.9 Å². The Bertz CT molecular complexity index is 922. The summed E-state index contributed by atoms with van der Waals surface area (Å²) in [5.74, 6) is 0.0112. The number of rotatable bonds is 4. The zero-order valence-corrected chi connectivity index (χ0v) is 14.6. The lowest BCUT2D eigenvalue weighted by molar-refractivity contribution is 0.268. The lowest BCUT2D eigenvalue weighted by Gasteiger charge is -2.14. The second kappa shape index (κ2) is 6.61. The van der Waals surface area contributed by atoms with Crippen molar-refractivity contribution >= 4 is 34.1 Å². The maximum atomic E-state index is 10.4. The zero-order valence-electron chi connectivity index (χ0n) is 13.1. The third-order valence-electron chi connectivity index (χ3n) is 4.06. The molecule has 126 valence electrons. The standard InChI is InChI=1S/C17H17Cl2N3O2/c1-9-12(7-20)15(11-3-2-10(18)6-14(11)19)13-8-22(4-5-23)17(24)16(13)21-9/h2-3,6,8,23-24H,4-5,7,20H2,1H3. The van der Waals surface area contributed by atoms with Gasteiger partial charge in [-0.05, 0) is 24.6 Å². The summed E-state index contributed by atoms with van der Waals surface area (Å²) in [6, 6.07) is 5.26. The molecule has 0 spiro atoms. The second-order valence-corrected chi connectivity index (χ2v) is 6.35. The Hall–Kier alpha value is -1.79. The van der Waals surface area contributed by atoms with E-state index in [1.807, 2.05) is 13.0 Å². The third kappa shape index (κ3) is 2.74. The van der Waals surface area contributed by atoms with Crippen molar-refractivity contribution in [2.75, 3.05) is 6.61 Å². The van der Waals surface area contributed by atoms with Gasteiger partial charge in [-0.3, -0.25) is 0 Å². The van der Waals surface area contributed by atoms with Crippen molar-refractivity contribution in [2.45, 2.75) is 20.0 Å². The minimum atomic E-state index is -0.0890. The monoisotopic (exact) mass is 365 g/mol. The third-order valence-corrected chi connectivity index (χ3v) is 4.60. The van der Waals surface area contributed by atoms with E-state index in [0.717, 1.165) is 27.8 Å². The van der Waals surface area contributed by atoms with Gasteiger partial charge in [0, 0.05) is 51.5 Å². The van der Waals surface area contributed by atoms with Crippen LogP contribution in [-0.4, -0.2) is 26.4 Å². The summed E-state index contributed by atoms with van der Waals surface area (Å²) >= 11 is 12.4. The van der Waals surface area contributed by atoms with Crippen molar-refractivity contribution in [3.63, 3.8) is 0 Å². The highest BCUT2D eigenvalue weighted by atomic mass is 35.5. The molecule has 0 atom stereocenters. The number of aromatic hydroxyl groups is 1. The summed E-state index contributed by atoms with van der Waals surface area (Å²) in [6.45, 7) is 2.31. The van der Waals surface area contributed by atoms with Crippen LogP contribution in [0.2, 0.25) is 10.0 Å². The van der Waals surface area contributed by atoms with Gasteiger partial charge >= 0.3 is 0 Å². The van der Waals surface area contributed by atoms with Gasteiger partial charge in [-0.2, -0.15) is 0 Å². The molecular weight excluding hydrogens is 349 g/mol. The number of benzene rings is 1. The van der Waals surface area contributed by atoms with Crippen LogP contribution in [0, 0.1) is 6.92 Å². The lowest BCUT2D eigenvalue weighted by Crippen LogP contribution is -2.04. The van der Waals surface area contributed by atoms with E-state index >= 15 is 0 Å². The maximum Gasteiger partial charge on any atom is 0.218 e. The van der Waals surface area contributed by atoms with Gasteiger partial charge in [-0.25, -0.2) is 4.98 Å². The number of fused-ring (bicyclic) bond motifs is 1. The molecule has 0 unspecified atom stereocenters. The van der Waals surface area contributed by atoms with E-state index in [-0.39, 0.29) is 25.6 Å². The normalized spacial score (nSPS) is 11.4. The number of aryl methyl sites for hydroxylation is 1. The molecule has 1 aromatic carbocycles. The minimum absolute atomic E-state index is 0.0112. The number of pyridine rings is 1. The van der Waals surface area contributed by atoms with Gasteiger partial charge < -0.3 is 20.5 Å². The molecule has 0 radical (unpaired) electrons. The molecule has 24 heavy (non-hydrogen) atoms. The summed E-state index contributed by atoms with van der Waals surface area (Å²) in [5, 5.41) is 21.3. The van der Waals surface area contributed by atoms with Crippen molar-refractivity contribution in [3.05, 3.63) is 45.7 Å². The molecule has 4 N–H and O–H groups in total. The van der Waals surface area contributed by atoms with E-state index in [2.05, 4.69) is 4.98 Å². The van der Waals surface area contributed by atoms with E-state index in [9.17, 15) is 10.2 Å². The minimum Gasteiger partial charge on any atom is -0.493 e. The maximum absolute atomic E-state index is 10.4. The van der Waals surface area contributed by atoms with Crippen molar-refractivity contribution < 1.29 is 10.2 Å². The van der Waals surface area contributed by atoms with Crippen molar-refractivity contribution in [3.8, 4) is 17.0 Å². The first-order chi connectivity index (χ1) is 11.5. The molecule has 0 amide bonds. The fourth-order valence-corrected chi connectivity index (χ4v) is 3.44. The summed E-state index contributed by atoms with van der Waals surface area (Å²) in [5.41, 5.74) is 9.59. The van der Waals surface area contributed by atoms with Crippen LogP contribution in [0.15, 0.2) is 24.4 Å². The van der Waals surface area contributed by atoms with Crippen LogP contribution in [0.4, 0.5) is 0 Å². The number of nitrogens with zero attached hydrogens (tertiary/aromatic N) is 2. The summed E-state index contributed by atoms with van der Waals surface area (Å²) in [4.78, 5) is 4.48. The molecule has 0 aliphatic carbocycles. The number of nitrogens with two attached hydrogens (primary N) is 1. The molecule has 5 nitrogen and oxygen atoms in total. The molecule has 7 heteroatoms. The average Bonchev–Trinajstić information content (AvgIpc) is 2.83. The van der Waals surface area contributed by atoms with Crippen molar-refractivity contribution in [1.29, 1.82) is 0 Å². The lowest BCUT2D eigenvalue weighted by atomic mass is 9.96. The number of aliphatic hydroxyl groups excluding tert-OH is 1. The predicted octanol–water partition coefficient (Wildman–Crippen LogP) is 3.48. The van der Waals surface area contributed by atoms with E-state index in [4.69, 9.17) is 28.9 Å². The topological polar surface area (TPSA) is 84.3 Å². The Labute approximate surface area is 149 Å². The molecule has 2 aromatic heterocycles. The molecule has 0 bridgehead atoms. The first-order valence-electron chi connectivity index (χ1n) is 7.45. The van der Waals surface area contributed by atoms with E-state index in [1.165, 1.54) is 0 Å². The van der Waals surface area contributed by atoms with Crippen LogP contribution >= 0.6 is 23.2 Å². The van der Waals surface area contributed by atoms with E-state index < -0.39 is 0 Å². The summed E-state index contributed by atoms with van der Waals surface area (Å²) in [7, 11) is 0. The van der Waals surface area contributed by atoms with Gasteiger partial charge in [0.25, 0.3) is 0 Å². The molecule has 0 aliphatic rings. The summed E-state index contributed by atoms with van der Waals surface area (Å²) in [6.07, 6.45) is 1.76. The van der Waals surface area contributed by atoms with Crippen LogP contribution in [0.5, 0.6) is 5.88 Å². The molecular formula is C17H17Cl2N3O2. The Balaban J connectivity index is 2.41. The van der Waals surface area contributed by atoms with Gasteiger partial charge in [0.1, 0.15) is 5.52 Å². The SMILES string of the molecule is Cc1nc2c(O)n(CCO)cc2c(-c2ccc(Cl)cc2Cl)c1CN. The number of halogens is 2. The molecule has 0 aliphatic heterocycles. The van der Waals surface area contributed by atoms with Crippen molar-refractivity contribution in [2.24, 2.45) is 5.73 Å². The van der Waals surface area contributed by atoms with Crippen LogP contribution < -0.4 is 5.73 Å². The molecule has 0 saturated carbocycles. The highest BCUT2D eigenvalue weighted by Gasteiger charge is 2.20.